The Labute approximate surface area is 98.8 Å². The molecule has 0 radical (unpaired) electrons. The van der Waals surface area contributed by atoms with E-state index in [1.807, 2.05) is 0 Å². The Morgan fingerprint density at radius 3 is 2.65 bits per heavy atom. The fraction of sp³-hybridized carbons (Fsp3) is 0.600. The van der Waals surface area contributed by atoms with E-state index in [2.05, 4.69) is 15.3 Å². The quantitative estimate of drug-likeness (QED) is 0.657. The van der Waals surface area contributed by atoms with Crippen LogP contribution in [0.4, 0.5) is 0 Å². The molecule has 0 bridgehead atoms. The number of methoxy groups -OCH3 is 1. The molecule has 1 rings (SSSR count). The van der Waals surface area contributed by atoms with Crippen LogP contribution in [-0.4, -0.2) is 48.6 Å². The average Bonchev–Trinajstić information content (AvgIpc) is 2.35. The van der Waals surface area contributed by atoms with Gasteiger partial charge in [0.1, 0.15) is 12.3 Å². The monoisotopic (exact) mass is 241 g/mol. The molecular weight excluding hydrogens is 226 g/mol. The lowest BCUT2D eigenvalue weighted by molar-refractivity contribution is -0.145. The maximum Gasteiger partial charge on any atom is 0.325 e. The predicted octanol–water partition coefficient (Wildman–Crippen LogP) is -0.726. The fourth-order valence-electron chi connectivity index (χ4n) is 1.36. The number of nitrogens with zero attached hydrogens (tertiary/aromatic N) is 2. The van der Waals surface area contributed by atoms with Crippen molar-refractivity contribution in [2.45, 2.75) is 19.8 Å². The van der Waals surface area contributed by atoms with E-state index in [9.17, 15) is 14.4 Å². The molecule has 0 saturated carbocycles. The highest BCUT2D eigenvalue weighted by atomic mass is 16.5. The SMILES string of the molecule is CCN(CC(=O)OC)C(=O)C1=NNC(=O)CC1. The maximum atomic E-state index is 11.9. The van der Waals surface area contributed by atoms with Crippen molar-refractivity contribution in [1.29, 1.82) is 0 Å². The molecule has 1 aliphatic heterocycles. The number of esters is 1. The summed E-state index contributed by atoms with van der Waals surface area (Å²) in [5, 5.41) is 3.69. The van der Waals surface area contributed by atoms with Crippen molar-refractivity contribution in [3.05, 3.63) is 0 Å². The number of hydrogen-bond acceptors (Lipinski definition) is 5. The first-order valence-electron chi connectivity index (χ1n) is 5.30. The molecule has 0 aromatic heterocycles. The zero-order valence-electron chi connectivity index (χ0n) is 9.86. The van der Waals surface area contributed by atoms with Crippen molar-refractivity contribution in [2.75, 3.05) is 20.2 Å². The summed E-state index contributed by atoms with van der Waals surface area (Å²) >= 11 is 0. The van der Waals surface area contributed by atoms with Crippen LogP contribution in [0.2, 0.25) is 0 Å². The molecule has 1 aliphatic rings. The summed E-state index contributed by atoms with van der Waals surface area (Å²) in [6.45, 7) is 2.02. The number of likely N-dealkylation sites (N-methyl/N-ethyl adjacent to an activating group) is 1. The first-order chi connectivity index (χ1) is 8.08. The normalized spacial score (nSPS) is 14.7. The standard InChI is InChI=1S/C10H15N3O4/c1-3-13(6-9(15)17-2)10(16)7-4-5-8(14)12-11-7/h3-6H2,1-2H3,(H,12,14). The minimum Gasteiger partial charge on any atom is -0.468 e. The van der Waals surface area contributed by atoms with E-state index >= 15 is 0 Å². The molecule has 0 saturated heterocycles. The van der Waals surface area contributed by atoms with Crippen molar-refractivity contribution >= 4 is 23.5 Å². The molecule has 0 unspecified atom stereocenters. The Hall–Kier alpha value is -1.92. The first kappa shape index (κ1) is 13.1. The van der Waals surface area contributed by atoms with Gasteiger partial charge >= 0.3 is 5.97 Å². The maximum absolute atomic E-state index is 11.9. The van der Waals surface area contributed by atoms with Gasteiger partial charge < -0.3 is 9.64 Å². The molecule has 2 amide bonds. The lowest BCUT2D eigenvalue weighted by Gasteiger charge is -2.21. The van der Waals surface area contributed by atoms with Crippen molar-refractivity contribution in [2.24, 2.45) is 5.10 Å². The second-order valence-corrected chi connectivity index (χ2v) is 3.49. The highest BCUT2D eigenvalue weighted by molar-refractivity contribution is 6.39. The van der Waals surface area contributed by atoms with Crippen LogP contribution < -0.4 is 5.43 Å². The zero-order chi connectivity index (χ0) is 12.8. The summed E-state index contributed by atoms with van der Waals surface area (Å²) in [6.07, 6.45) is 0.530. The predicted molar refractivity (Wildman–Crippen MR) is 59.1 cm³/mol. The molecule has 94 valence electrons. The minimum absolute atomic E-state index is 0.112. The zero-order valence-corrected chi connectivity index (χ0v) is 9.86. The summed E-state index contributed by atoms with van der Waals surface area (Å²) in [6, 6.07) is 0. The van der Waals surface area contributed by atoms with Gasteiger partial charge in [-0.05, 0) is 6.92 Å². The highest BCUT2D eigenvalue weighted by Gasteiger charge is 2.24. The van der Waals surface area contributed by atoms with Gasteiger partial charge in [-0.3, -0.25) is 14.4 Å². The summed E-state index contributed by atoms with van der Waals surface area (Å²) in [4.78, 5) is 35.2. The third kappa shape index (κ3) is 3.54. The van der Waals surface area contributed by atoms with Crippen molar-refractivity contribution in [1.82, 2.24) is 10.3 Å². The molecule has 0 atom stereocenters. The summed E-state index contributed by atoms with van der Waals surface area (Å²) in [5.41, 5.74) is 2.50. The molecular formula is C10H15N3O4. The number of rotatable bonds is 4. The summed E-state index contributed by atoms with van der Waals surface area (Å²) in [5.74, 6) is -1.05. The number of carbonyl (C=O) groups is 3. The van der Waals surface area contributed by atoms with Crippen molar-refractivity contribution in [3.63, 3.8) is 0 Å². The Balaban J connectivity index is 2.66. The third-order valence-corrected chi connectivity index (χ3v) is 2.37. The van der Waals surface area contributed by atoms with E-state index in [0.717, 1.165) is 0 Å². The number of ether oxygens (including phenoxy) is 1. The van der Waals surface area contributed by atoms with E-state index in [4.69, 9.17) is 0 Å². The highest BCUT2D eigenvalue weighted by Crippen LogP contribution is 2.03. The Morgan fingerprint density at radius 1 is 1.47 bits per heavy atom. The van der Waals surface area contributed by atoms with Crippen LogP contribution in [0.15, 0.2) is 5.10 Å². The van der Waals surface area contributed by atoms with E-state index < -0.39 is 5.97 Å². The largest absolute Gasteiger partial charge is 0.468 e. The van der Waals surface area contributed by atoms with E-state index in [1.165, 1.54) is 12.0 Å². The second kappa shape index (κ2) is 5.97. The van der Waals surface area contributed by atoms with Crippen LogP contribution in [0.1, 0.15) is 19.8 Å². The van der Waals surface area contributed by atoms with Gasteiger partial charge in [0, 0.05) is 19.4 Å². The van der Waals surface area contributed by atoms with E-state index in [0.29, 0.717) is 13.0 Å². The molecule has 0 aromatic rings. The molecule has 17 heavy (non-hydrogen) atoms. The number of hydrogen-bond donors (Lipinski definition) is 1. The molecule has 7 heteroatoms. The fourth-order valence-corrected chi connectivity index (χ4v) is 1.36. The van der Waals surface area contributed by atoms with Gasteiger partial charge in [0.2, 0.25) is 5.91 Å². The molecule has 0 fully saturated rings. The summed E-state index contributed by atoms with van der Waals surface area (Å²) in [7, 11) is 1.26. The molecule has 0 aliphatic carbocycles. The van der Waals surface area contributed by atoms with Gasteiger partial charge in [0.15, 0.2) is 0 Å². The van der Waals surface area contributed by atoms with Gasteiger partial charge in [0.05, 0.1) is 7.11 Å². The number of carbonyl (C=O) groups excluding carboxylic acids is 3. The van der Waals surface area contributed by atoms with Gasteiger partial charge in [-0.15, -0.1) is 0 Å². The van der Waals surface area contributed by atoms with Crippen molar-refractivity contribution in [3.8, 4) is 0 Å². The number of nitrogens with one attached hydrogen (secondary N) is 1. The van der Waals surface area contributed by atoms with Crippen LogP contribution >= 0.6 is 0 Å². The Bertz CT molecular complexity index is 365. The Kier molecular flexibility index (Phi) is 4.62. The van der Waals surface area contributed by atoms with Crippen LogP contribution in [0.25, 0.3) is 0 Å². The van der Waals surface area contributed by atoms with E-state index in [1.54, 1.807) is 6.92 Å². The first-order valence-corrected chi connectivity index (χ1v) is 5.30. The third-order valence-electron chi connectivity index (χ3n) is 2.37. The smallest absolute Gasteiger partial charge is 0.325 e. The topological polar surface area (TPSA) is 88.1 Å². The van der Waals surface area contributed by atoms with Crippen LogP contribution in [0, 0.1) is 0 Å². The molecule has 1 heterocycles. The molecule has 1 N–H and O–H groups in total. The van der Waals surface area contributed by atoms with Crippen molar-refractivity contribution < 1.29 is 19.1 Å². The molecule has 0 spiro atoms. The van der Waals surface area contributed by atoms with Crippen LogP contribution in [0.5, 0.6) is 0 Å². The summed E-state index contributed by atoms with van der Waals surface area (Å²) < 4.78 is 4.49. The number of amides is 2. The van der Waals surface area contributed by atoms with Gasteiger partial charge in [-0.25, -0.2) is 5.43 Å². The number of hydrazone groups is 1. The molecule has 0 aromatic carbocycles. The minimum atomic E-state index is -0.486. The van der Waals surface area contributed by atoms with Crippen LogP contribution in [0.3, 0.4) is 0 Å². The Morgan fingerprint density at radius 2 is 2.18 bits per heavy atom. The lowest BCUT2D eigenvalue weighted by atomic mass is 10.1. The van der Waals surface area contributed by atoms with Gasteiger partial charge in [-0.2, -0.15) is 5.10 Å². The van der Waals surface area contributed by atoms with Gasteiger partial charge in [0.25, 0.3) is 5.91 Å². The molecule has 7 nitrogen and oxygen atoms in total. The van der Waals surface area contributed by atoms with Crippen LogP contribution in [-0.2, 0) is 19.1 Å². The lowest BCUT2D eigenvalue weighted by Crippen LogP contribution is -2.42. The van der Waals surface area contributed by atoms with E-state index in [-0.39, 0.29) is 30.5 Å². The average molecular weight is 241 g/mol. The van der Waals surface area contributed by atoms with Gasteiger partial charge in [-0.1, -0.05) is 0 Å². The second-order valence-electron chi connectivity index (χ2n) is 3.49.